The summed E-state index contributed by atoms with van der Waals surface area (Å²) < 4.78 is 30.1. The smallest absolute Gasteiger partial charge is 0.264 e. The summed E-state index contributed by atoms with van der Waals surface area (Å²) in [5, 5.41) is 3.37. The van der Waals surface area contributed by atoms with Crippen molar-refractivity contribution in [3.05, 3.63) is 129 Å². The highest BCUT2D eigenvalue weighted by atomic mass is 79.9. The lowest BCUT2D eigenvalue weighted by molar-refractivity contribution is -0.140. The number of aryl methyl sites for hydroxylation is 1. The molecule has 0 aliphatic carbocycles. The van der Waals surface area contributed by atoms with Crippen LogP contribution in [0.1, 0.15) is 36.5 Å². The lowest BCUT2D eigenvalue weighted by Gasteiger charge is -2.34. The highest BCUT2D eigenvalue weighted by molar-refractivity contribution is 9.10. The molecule has 45 heavy (non-hydrogen) atoms. The molecule has 4 aromatic carbocycles. The number of anilines is 1. The van der Waals surface area contributed by atoms with Gasteiger partial charge in [0.05, 0.1) is 10.6 Å². The van der Waals surface area contributed by atoms with Crippen molar-refractivity contribution in [2.75, 3.05) is 17.4 Å². The fourth-order valence-electron chi connectivity index (χ4n) is 4.88. The van der Waals surface area contributed by atoms with Gasteiger partial charge in [-0.25, -0.2) is 8.42 Å². The van der Waals surface area contributed by atoms with E-state index in [-0.39, 0.29) is 29.5 Å². The van der Waals surface area contributed by atoms with Gasteiger partial charge in [0.15, 0.2) is 0 Å². The summed E-state index contributed by atoms with van der Waals surface area (Å²) in [4.78, 5) is 29.8. The van der Waals surface area contributed by atoms with Crippen molar-refractivity contribution >= 4 is 55.1 Å². The van der Waals surface area contributed by atoms with Gasteiger partial charge in [-0.15, -0.1) is 0 Å². The van der Waals surface area contributed by atoms with Crippen molar-refractivity contribution in [2.45, 2.75) is 50.6 Å². The van der Waals surface area contributed by atoms with Gasteiger partial charge in [-0.05, 0) is 66.4 Å². The van der Waals surface area contributed by atoms with Gasteiger partial charge in [0.2, 0.25) is 11.8 Å². The summed E-state index contributed by atoms with van der Waals surface area (Å²) in [6.45, 7) is 3.87. The van der Waals surface area contributed by atoms with E-state index < -0.39 is 28.5 Å². The van der Waals surface area contributed by atoms with Gasteiger partial charge in [-0.3, -0.25) is 13.9 Å². The van der Waals surface area contributed by atoms with Crippen molar-refractivity contribution in [3.8, 4) is 0 Å². The van der Waals surface area contributed by atoms with E-state index in [2.05, 4.69) is 21.2 Å². The van der Waals surface area contributed by atoms with Gasteiger partial charge in [0.25, 0.3) is 10.0 Å². The first kappa shape index (κ1) is 34.2. The van der Waals surface area contributed by atoms with Gasteiger partial charge in [-0.2, -0.15) is 0 Å². The molecule has 236 valence electrons. The maximum atomic E-state index is 14.5. The molecule has 0 bridgehead atoms. The largest absolute Gasteiger partial charge is 0.354 e. The number of halogens is 2. The minimum absolute atomic E-state index is 0.0335. The van der Waals surface area contributed by atoms with E-state index in [1.807, 2.05) is 68.4 Å². The molecule has 2 amide bonds. The standard InChI is InChI=1S/C35H37BrClN3O4S/c1-3-4-20-38-35(42)33(22-27-12-7-5-8-13-27)39(24-28-14-11-15-29(36)21-28)34(41)25-40(30-19-18-26(2)32(37)23-30)45(43,44)31-16-9-6-10-17-31/h5-19,21,23,33H,3-4,20,22,24-25H2,1-2H3,(H,38,42)/t33-/m0/s1. The van der Waals surface area contributed by atoms with Crippen LogP contribution in [0.25, 0.3) is 0 Å². The Morgan fingerprint density at radius 3 is 2.20 bits per heavy atom. The summed E-state index contributed by atoms with van der Waals surface area (Å²) >= 11 is 9.95. The molecule has 0 heterocycles. The molecule has 0 aliphatic rings. The topological polar surface area (TPSA) is 86.8 Å². The SMILES string of the molecule is CCCCNC(=O)[C@H](Cc1ccccc1)N(Cc1cccc(Br)c1)C(=O)CN(c1ccc(C)c(Cl)c1)S(=O)(=O)c1ccccc1. The third-order valence-electron chi connectivity index (χ3n) is 7.40. The maximum absolute atomic E-state index is 14.5. The van der Waals surface area contributed by atoms with Crippen LogP contribution in [-0.4, -0.2) is 44.3 Å². The molecule has 7 nitrogen and oxygen atoms in total. The van der Waals surface area contributed by atoms with E-state index >= 15 is 0 Å². The van der Waals surface area contributed by atoms with Crippen LogP contribution >= 0.6 is 27.5 Å². The second-order valence-corrected chi connectivity index (χ2v) is 13.9. The first-order valence-electron chi connectivity index (χ1n) is 14.8. The summed E-state index contributed by atoms with van der Waals surface area (Å²) in [5.41, 5.74) is 2.68. The highest BCUT2D eigenvalue weighted by Crippen LogP contribution is 2.29. The Balaban J connectivity index is 1.80. The fourth-order valence-corrected chi connectivity index (χ4v) is 6.93. The van der Waals surface area contributed by atoms with Gasteiger partial charge in [-0.1, -0.05) is 108 Å². The fraction of sp³-hybridized carbons (Fsp3) is 0.257. The van der Waals surface area contributed by atoms with Crippen LogP contribution in [0.15, 0.2) is 112 Å². The second kappa shape index (κ2) is 16.1. The van der Waals surface area contributed by atoms with E-state index in [1.54, 1.807) is 36.4 Å². The number of benzene rings is 4. The zero-order valence-electron chi connectivity index (χ0n) is 25.3. The van der Waals surface area contributed by atoms with Crippen molar-refractivity contribution in [3.63, 3.8) is 0 Å². The van der Waals surface area contributed by atoms with Crippen LogP contribution < -0.4 is 9.62 Å². The molecule has 0 saturated heterocycles. The number of rotatable bonds is 14. The molecule has 4 aromatic rings. The summed E-state index contributed by atoms with van der Waals surface area (Å²) in [7, 11) is -4.20. The third kappa shape index (κ3) is 9.19. The van der Waals surface area contributed by atoms with Crippen LogP contribution in [0, 0.1) is 6.92 Å². The minimum Gasteiger partial charge on any atom is -0.354 e. The van der Waals surface area contributed by atoms with Crippen LogP contribution in [0.2, 0.25) is 5.02 Å². The Hall–Kier alpha value is -3.66. The Kier molecular flexibility index (Phi) is 12.2. The van der Waals surface area contributed by atoms with Gasteiger partial charge in [0.1, 0.15) is 12.6 Å². The van der Waals surface area contributed by atoms with Crippen molar-refractivity contribution < 1.29 is 18.0 Å². The number of amides is 2. The molecule has 0 saturated carbocycles. The maximum Gasteiger partial charge on any atom is 0.264 e. The van der Waals surface area contributed by atoms with Gasteiger partial charge < -0.3 is 10.2 Å². The first-order valence-corrected chi connectivity index (χ1v) is 17.4. The molecule has 1 N–H and O–H groups in total. The zero-order chi connectivity index (χ0) is 32.4. The molecule has 0 radical (unpaired) electrons. The predicted octanol–water partition coefficient (Wildman–Crippen LogP) is 7.16. The van der Waals surface area contributed by atoms with E-state index in [9.17, 15) is 18.0 Å². The van der Waals surface area contributed by atoms with E-state index in [1.165, 1.54) is 17.0 Å². The lowest BCUT2D eigenvalue weighted by Crippen LogP contribution is -2.53. The number of unbranched alkanes of at least 4 members (excludes halogenated alkanes) is 1. The number of carbonyl (C=O) groups excluding carboxylic acids is 2. The van der Waals surface area contributed by atoms with Crippen LogP contribution in [0.5, 0.6) is 0 Å². The first-order chi connectivity index (χ1) is 21.6. The molecule has 10 heteroatoms. The molecule has 1 atom stereocenters. The zero-order valence-corrected chi connectivity index (χ0v) is 28.5. The second-order valence-electron chi connectivity index (χ2n) is 10.8. The Bertz CT molecular complexity index is 1700. The van der Waals surface area contributed by atoms with E-state index in [0.29, 0.717) is 11.6 Å². The number of carbonyl (C=O) groups is 2. The molecule has 0 spiro atoms. The molecular formula is C35H37BrClN3O4S. The molecule has 0 aromatic heterocycles. The monoisotopic (exact) mass is 709 g/mol. The molecule has 0 fully saturated rings. The quantitative estimate of drug-likeness (QED) is 0.141. The van der Waals surface area contributed by atoms with E-state index in [4.69, 9.17) is 11.6 Å². The molecule has 4 rings (SSSR count). The highest BCUT2D eigenvalue weighted by Gasteiger charge is 2.34. The lowest BCUT2D eigenvalue weighted by atomic mass is 10.0. The van der Waals surface area contributed by atoms with Crippen LogP contribution in [-0.2, 0) is 32.6 Å². The van der Waals surface area contributed by atoms with Crippen LogP contribution in [0.4, 0.5) is 5.69 Å². The van der Waals surface area contributed by atoms with Crippen molar-refractivity contribution in [1.29, 1.82) is 0 Å². The average Bonchev–Trinajstić information content (AvgIpc) is 3.03. The van der Waals surface area contributed by atoms with Crippen LogP contribution in [0.3, 0.4) is 0 Å². The summed E-state index contributed by atoms with van der Waals surface area (Å²) in [6.07, 6.45) is 1.94. The Morgan fingerprint density at radius 1 is 0.889 bits per heavy atom. The number of nitrogens with zero attached hydrogens (tertiary/aromatic N) is 2. The normalized spacial score (nSPS) is 11.9. The number of sulfonamides is 1. The summed E-state index contributed by atoms with van der Waals surface area (Å²) in [5.74, 6) is -0.829. The molecule has 0 aliphatic heterocycles. The molecule has 0 unspecified atom stereocenters. The molecular weight excluding hydrogens is 674 g/mol. The average molecular weight is 711 g/mol. The van der Waals surface area contributed by atoms with Gasteiger partial charge in [0, 0.05) is 29.0 Å². The third-order valence-corrected chi connectivity index (χ3v) is 10.1. The van der Waals surface area contributed by atoms with E-state index in [0.717, 1.165) is 38.3 Å². The number of hydrogen-bond acceptors (Lipinski definition) is 4. The Labute approximate surface area is 279 Å². The number of hydrogen-bond donors (Lipinski definition) is 1. The van der Waals surface area contributed by atoms with Crippen molar-refractivity contribution in [1.82, 2.24) is 10.2 Å². The number of nitrogens with one attached hydrogen (secondary N) is 1. The minimum atomic E-state index is -4.20. The Morgan fingerprint density at radius 2 is 1.56 bits per heavy atom. The predicted molar refractivity (Wildman–Crippen MR) is 184 cm³/mol. The van der Waals surface area contributed by atoms with Crippen molar-refractivity contribution in [2.24, 2.45) is 0 Å². The summed E-state index contributed by atoms with van der Waals surface area (Å²) in [6, 6.07) is 28.9. The van der Waals surface area contributed by atoms with Gasteiger partial charge >= 0.3 is 0 Å².